The van der Waals surface area contributed by atoms with E-state index in [1.807, 2.05) is 24.3 Å². The summed E-state index contributed by atoms with van der Waals surface area (Å²) in [6.07, 6.45) is 0.826. The van der Waals surface area contributed by atoms with Crippen molar-refractivity contribution in [2.75, 3.05) is 26.0 Å². The van der Waals surface area contributed by atoms with Gasteiger partial charge in [-0.25, -0.2) is 13.1 Å². The van der Waals surface area contributed by atoms with Crippen LogP contribution in [0.4, 0.5) is 0 Å². The van der Waals surface area contributed by atoms with Gasteiger partial charge in [0.25, 0.3) is 0 Å². The van der Waals surface area contributed by atoms with Crippen LogP contribution in [0, 0.1) is 0 Å². The van der Waals surface area contributed by atoms with Crippen LogP contribution in [-0.2, 0) is 16.4 Å². The highest BCUT2D eigenvalue weighted by Gasteiger charge is 2.09. The van der Waals surface area contributed by atoms with E-state index in [1.54, 1.807) is 7.11 Å². The number of rotatable bonds is 8. The Morgan fingerprint density at radius 1 is 1.33 bits per heavy atom. The minimum Gasteiger partial charge on any atom is -0.496 e. The normalized spacial score (nSPS) is 11.4. The summed E-state index contributed by atoms with van der Waals surface area (Å²) in [4.78, 5) is 0. The molecule has 1 aromatic carbocycles. The van der Waals surface area contributed by atoms with Crippen LogP contribution in [-0.4, -0.2) is 39.5 Å². The standard InChI is InChI=1S/C12H19NO4S/c1-17-12-6-3-2-5-11(12)7-8-13-18(15,16)10-4-9-14/h2-3,5-6,13-14H,4,7-10H2,1H3. The molecular weight excluding hydrogens is 254 g/mol. The molecule has 0 amide bonds. The van der Waals surface area contributed by atoms with E-state index in [1.165, 1.54) is 0 Å². The molecule has 0 aliphatic rings. The van der Waals surface area contributed by atoms with Crippen molar-refractivity contribution in [3.8, 4) is 5.75 Å². The average Bonchev–Trinajstić information content (AvgIpc) is 2.37. The first-order chi connectivity index (χ1) is 8.59. The van der Waals surface area contributed by atoms with Crippen molar-refractivity contribution in [1.29, 1.82) is 0 Å². The number of hydrogen-bond acceptors (Lipinski definition) is 4. The van der Waals surface area contributed by atoms with Crippen molar-refractivity contribution in [2.24, 2.45) is 0 Å². The smallest absolute Gasteiger partial charge is 0.211 e. The van der Waals surface area contributed by atoms with Gasteiger partial charge in [-0.1, -0.05) is 18.2 Å². The number of aliphatic hydroxyl groups excluding tert-OH is 1. The molecule has 0 saturated heterocycles. The minimum absolute atomic E-state index is 0.0462. The molecule has 0 fully saturated rings. The third-order valence-electron chi connectivity index (χ3n) is 2.48. The molecule has 0 aromatic heterocycles. The van der Waals surface area contributed by atoms with Crippen molar-refractivity contribution in [3.63, 3.8) is 0 Å². The highest BCUT2D eigenvalue weighted by Crippen LogP contribution is 2.17. The highest BCUT2D eigenvalue weighted by molar-refractivity contribution is 7.89. The van der Waals surface area contributed by atoms with E-state index >= 15 is 0 Å². The van der Waals surface area contributed by atoms with Crippen LogP contribution in [0.15, 0.2) is 24.3 Å². The highest BCUT2D eigenvalue weighted by atomic mass is 32.2. The van der Waals surface area contributed by atoms with Crippen LogP contribution < -0.4 is 9.46 Å². The van der Waals surface area contributed by atoms with Gasteiger partial charge in [0.1, 0.15) is 5.75 Å². The van der Waals surface area contributed by atoms with Crippen molar-refractivity contribution in [1.82, 2.24) is 4.72 Å². The Labute approximate surface area is 108 Å². The number of nitrogens with one attached hydrogen (secondary N) is 1. The number of hydrogen-bond donors (Lipinski definition) is 2. The first-order valence-corrected chi connectivity index (χ1v) is 7.44. The van der Waals surface area contributed by atoms with Crippen molar-refractivity contribution >= 4 is 10.0 Å². The van der Waals surface area contributed by atoms with E-state index in [0.29, 0.717) is 13.0 Å². The summed E-state index contributed by atoms with van der Waals surface area (Å²) in [7, 11) is -1.70. The zero-order valence-electron chi connectivity index (χ0n) is 10.4. The SMILES string of the molecule is COc1ccccc1CCNS(=O)(=O)CCCO. The number of methoxy groups -OCH3 is 1. The second-order valence-electron chi connectivity index (χ2n) is 3.85. The van der Waals surface area contributed by atoms with Crippen molar-refractivity contribution < 1.29 is 18.3 Å². The quantitative estimate of drug-likeness (QED) is 0.725. The molecule has 0 heterocycles. The third kappa shape index (κ3) is 5.03. The second kappa shape index (κ2) is 7.35. The summed E-state index contributed by atoms with van der Waals surface area (Å²) in [6.45, 7) is 0.210. The topological polar surface area (TPSA) is 75.6 Å². The molecule has 18 heavy (non-hydrogen) atoms. The largest absolute Gasteiger partial charge is 0.496 e. The van der Waals surface area contributed by atoms with Gasteiger partial charge in [0, 0.05) is 13.2 Å². The third-order valence-corrected chi connectivity index (χ3v) is 3.95. The van der Waals surface area contributed by atoms with E-state index < -0.39 is 10.0 Å². The van der Waals surface area contributed by atoms with E-state index in [0.717, 1.165) is 11.3 Å². The molecule has 102 valence electrons. The van der Waals surface area contributed by atoms with Crippen molar-refractivity contribution in [2.45, 2.75) is 12.8 Å². The fraction of sp³-hybridized carbons (Fsp3) is 0.500. The number of ether oxygens (including phenoxy) is 1. The van der Waals surface area contributed by atoms with Gasteiger partial charge in [-0.15, -0.1) is 0 Å². The van der Waals surface area contributed by atoms with E-state index in [9.17, 15) is 8.42 Å². The lowest BCUT2D eigenvalue weighted by molar-refractivity contribution is 0.295. The first kappa shape index (κ1) is 14.9. The van der Waals surface area contributed by atoms with Crippen LogP contribution in [0.2, 0.25) is 0 Å². The monoisotopic (exact) mass is 273 g/mol. The summed E-state index contributed by atoms with van der Waals surface area (Å²) in [5.41, 5.74) is 0.963. The molecule has 5 nitrogen and oxygen atoms in total. The van der Waals surface area contributed by atoms with Gasteiger partial charge in [0.15, 0.2) is 0 Å². The van der Waals surface area contributed by atoms with Gasteiger partial charge < -0.3 is 9.84 Å². The van der Waals surface area contributed by atoms with Crippen LogP contribution in [0.1, 0.15) is 12.0 Å². The summed E-state index contributed by atoms with van der Waals surface area (Å²) in [6, 6.07) is 7.50. The Hall–Kier alpha value is -1.11. The molecule has 2 N–H and O–H groups in total. The van der Waals surface area contributed by atoms with Gasteiger partial charge in [-0.05, 0) is 24.5 Å². The molecule has 1 aromatic rings. The molecule has 1 rings (SSSR count). The van der Waals surface area contributed by atoms with Gasteiger partial charge in [0.2, 0.25) is 10.0 Å². The van der Waals surface area contributed by atoms with Crippen LogP contribution in [0.3, 0.4) is 0 Å². The maximum atomic E-state index is 11.5. The molecule has 0 radical (unpaired) electrons. The fourth-order valence-corrected chi connectivity index (χ4v) is 2.64. The molecule has 0 aliphatic heterocycles. The summed E-state index contributed by atoms with van der Waals surface area (Å²) < 4.78 is 30.6. The maximum absolute atomic E-state index is 11.5. The molecule has 0 unspecified atom stereocenters. The molecule has 6 heteroatoms. The zero-order valence-corrected chi connectivity index (χ0v) is 11.2. The zero-order chi connectivity index (χ0) is 13.4. The van der Waals surface area contributed by atoms with Gasteiger partial charge >= 0.3 is 0 Å². The molecule has 0 atom stereocenters. The first-order valence-electron chi connectivity index (χ1n) is 5.79. The Bertz CT molecular complexity index is 459. The van der Waals surface area contributed by atoms with E-state index in [-0.39, 0.29) is 18.8 Å². The Kier molecular flexibility index (Phi) is 6.11. The summed E-state index contributed by atoms with van der Waals surface area (Å²) >= 11 is 0. The molecule has 0 bridgehead atoms. The van der Waals surface area contributed by atoms with Gasteiger partial charge in [-0.2, -0.15) is 0 Å². The Morgan fingerprint density at radius 3 is 2.72 bits per heavy atom. The van der Waals surface area contributed by atoms with Gasteiger partial charge in [0.05, 0.1) is 12.9 Å². The predicted molar refractivity (Wildman–Crippen MR) is 70.2 cm³/mol. The molecule has 0 saturated carbocycles. The number of benzene rings is 1. The fourth-order valence-electron chi connectivity index (χ4n) is 1.58. The Morgan fingerprint density at radius 2 is 2.06 bits per heavy atom. The predicted octanol–water partition coefficient (Wildman–Crippen LogP) is 0.540. The number of sulfonamides is 1. The van der Waals surface area contributed by atoms with E-state index in [4.69, 9.17) is 9.84 Å². The lowest BCUT2D eigenvalue weighted by atomic mass is 10.1. The average molecular weight is 273 g/mol. The van der Waals surface area contributed by atoms with Crippen molar-refractivity contribution in [3.05, 3.63) is 29.8 Å². The molecular formula is C12H19NO4S. The van der Waals surface area contributed by atoms with E-state index in [2.05, 4.69) is 4.72 Å². The number of para-hydroxylation sites is 1. The lowest BCUT2D eigenvalue weighted by Gasteiger charge is -2.09. The second-order valence-corrected chi connectivity index (χ2v) is 5.78. The Balaban J connectivity index is 2.46. The number of aliphatic hydroxyl groups is 1. The van der Waals surface area contributed by atoms with Gasteiger partial charge in [-0.3, -0.25) is 0 Å². The molecule has 0 spiro atoms. The minimum atomic E-state index is -3.28. The van der Waals surface area contributed by atoms with Crippen LogP contribution in [0.5, 0.6) is 5.75 Å². The summed E-state index contributed by atoms with van der Waals surface area (Å²) in [5, 5.41) is 8.59. The maximum Gasteiger partial charge on any atom is 0.211 e. The lowest BCUT2D eigenvalue weighted by Crippen LogP contribution is -2.28. The summed E-state index contributed by atoms with van der Waals surface area (Å²) in [5.74, 6) is 0.710. The van der Waals surface area contributed by atoms with Crippen LogP contribution in [0.25, 0.3) is 0 Å². The molecule has 0 aliphatic carbocycles. The van der Waals surface area contributed by atoms with Crippen LogP contribution >= 0.6 is 0 Å².